The fourth-order valence-corrected chi connectivity index (χ4v) is 3.33. The van der Waals surface area contributed by atoms with Crippen LogP contribution < -0.4 is 0 Å². The van der Waals surface area contributed by atoms with Gasteiger partial charge in [-0.25, -0.2) is 0 Å². The molecule has 2 aromatic carbocycles. The number of ether oxygens (including phenoxy) is 1. The molecule has 2 aromatic rings. The molecule has 0 saturated heterocycles. The van der Waals surface area contributed by atoms with Crippen LogP contribution in [0, 0.1) is 0 Å². The fraction of sp³-hybridized carbons (Fsp3) is 0.571. The average Bonchev–Trinajstić information content (AvgIpc) is 2.79. The van der Waals surface area contributed by atoms with E-state index in [0.717, 1.165) is 13.2 Å². The summed E-state index contributed by atoms with van der Waals surface area (Å²) in [7, 11) is 0. The van der Waals surface area contributed by atoms with Gasteiger partial charge in [0.1, 0.15) is 0 Å². The van der Waals surface area contributed by atoms with Gasteiger partial charge in [-0.3, -0.25) is 0 Å². The first kappa shape index (κ1) is 30.0. The fourth-order valence-electron chi connectivity index (χ4n) is 3.33. The Labute approximate surface area is 229 Å². The third-order valence-corrected chi connectivity index (χ3v) is 5.17. The molecule has 0 unspecified atom stereocenters. The molecule has 0 amide bonds. The van der Waals surface area contributed by atoms with Crippen LogP contribution in [0.4, 0.5) is 0 Å². The van der Waals surface area contributed by atoms with Crippen molar-refractivity contribution in [3.63, 3.8) is 0 Å². The quantitative estimate of drug-likeness (QED) is 0.201. The van der Waals surface area contributed by atoms with E-state index >= 15 is 0 Å². The molecule has 0 radical (unpaired) electrons. The molecule has 0 saturated carbocycles. The number of rotatable bonds is 15. The van der Waals surface area contributed by atoms with Crippen molar-refractivity contribution in [2.75, 3.05) is 13.2 Å². The summed E-state index contributed by atoms with van der Waals surface area (Å²) in [6, 6.07) is 20.8. The van der Waals surface area contributed by atoms with Gasteiger partial charge in [-0.1, -0.05) is 139 Å². The molecule has 0 heterocycles. The number of unbranched alkanes of at least 4 members (excludes halogenated alkanes) is 10. The van der Waals surface area contributed by atoms with Gasteiger partial charge in [0, 0.05) is 13.2 Å². The van der Waals surface area contributed by atoms with Gasteiger partial charge in [0.2, 0.25) is 0 Å². The van der Waals surface area contributed by atoms with Crippen LogP contribution >= 0.6 is 0 Å². The maximum absolute atomic E-state index is 5.65. The van der Waals surface area contributed by atoms with Crippen LogP contribution in [0.2, 0.25) is 0 Å². The van der Waals surface area contributed by atoms with Gasteiger partial charge >= 0.3 is 51.4 Å². The molecule has 2 rings (SSSR count). The van der Waals surface area contributed by atoms with E-state index in [9.17, 15) is 0 Å². The van der Waals surface area contributed by atoms with Crippen LogP contribution in [-0.4, -0.2) is 64.6 Å². The van der Waals surface area contributed by atoms with E-state index in [2.05, 4.69) is 62.4 Å². The zero-order chi connectivity index (χ0) is 20.8. The number of benzene rings is 2. The van der Waals surface area contributed by atoms with Crippen molar-refractivity contribution in [1.82, 2.24) is 0 Å². The van der Waals surface area contributed by atoms with Crippen LogP contribution in [0.25, 0.3) is 11.1 Å². The maximum atomic E-state index is 5.65. The molecule has 0 aliphatic rings. The minimum absolute atomic E-state index is 0. The monoisotopic (exact) mass is 436 g/mol. The molecule has 0 fully saturated rings. The second kappa shape index (κ2) is 23.7. The van der Waals surface area contributed by atoms with Gasteiger partial charge in [-0.15, -0.1) is 0 Å². The summed E-state index contributed by atoms with van der Waals surface area (Å²) < 4.78 is 5.65. The number of hydrogen-bond acceptors (Lipinski definition) is 1. The summed E-state index contributed by atoms with van der Waals surface area (Å²) in [5.74, 6) is 0. The molecule has 0 N–H and O–H groups in total. The van der Waals surface area contributed by atoms with Gasteiger partial charge in [-0.05, 0) is 24.0 Å². The van der Waals surface area contributed by atoms with E-state index in [1.54, 1.807) is 0 Å². The van der Waals surface area contributed by atoms with Crippen molar-refractivity contribution in [2.45, 2.75) is 90.9 Å². The second-order valence-corrected chi connectivity index (χ2v) is 7.88. The minimum atomic E-state index is 0. The van der Waals surface area contributed by atoms with E-state index in [-0.39, 0.29) is 51.4 Å². The van der Waals surface area contributed by atoms with Gasteiger partial charge < -0.3 is 4.74 Å². The first-order chi connectivity index (χ1) is 14.4. The summed E-state index contributed by atoms with van der Waals surface area (Å²) in [6.45, 7) is 6.51. The zero-order valence-corrected chi connectivity index (χ0v) is 19.1. The topological polar surface area (TPSA) is 9.23 Å². The van der Waals surface area contributed by atoms with E-state index < -0.39 is 0 Å². The van der Waals surface area contributed by atoms with Gasteiger partial charge in [0.05, 0.1) is 0 Å². The Bertz CT molecular complexity index is 504. The van der Waals surface area contributed by atoms with Crippen molar-refractivity contribution < 1.29 is 4.74 Å². The molecular weight excluding hydrogens is 391 g/mol. The number of hydrogen-bond donors (Lipinski definition) is 0. The van der Waals surface area contributed by atoms with Crippen molar-refractivity contribution in [2.24, 2.45) is 0 Å². The van der Waals surface area contributed by atoms with Gasteiger partial charge in [0.25, 0.3) is 0 Å². The van der Waals surface area contributed by atoms with Gasteiger partial charge in [-0.2, -0.15) is 0 Å². The largest absolute Gasteiger partial charge is 0.0622 e. The van der Waals surface area contributed by atoms with Crippen LogP contribution in [-0.2, 0) is 4.74 Å². The third-order valence-electron chi connectivity index (χ3n) is 5.17. The maximum Gasteiger partial charge on any atom is -0.0184 e. The summed E-state index contributed by atoms with van der Waals surface area (Å²) in [6.07, 6.45) is 16.3. The Morgan fingerprint density at radius 3 is 1.17 bits per heavy atom. The molecule has 0 aromatic heterocycles. The first-order valence-corrected chi connectivity index (χ1v) is 12.1. The van der Waals surface area contributed by atoms with Gasteiger partial charge in [0.15, 0.2) is 0 Å². The Kier molecular flexibility index (Phi) is 23.7. The summed E-state index contributed by atoms with van der Waals surface area (Å²) in [5.41, 5.74) is 2.55. The van der Waals surface area contributed by atoms with Crippen molar-refractivity contribution in [1.29, 1.82) is 0 Å². The standard InChI is InChI=1S/C16H34O.C12H10.K.H/c1-3-5-7-9-11-13-15-17-16-14-12-10-8-6-4-2;1-3-7-11(8-4-1)12-9-5-2-6-10-12;;/h3-16H2,1-2H3;1-10H;;. The Balaban J connectivity index is 0.000000566. The van der Waals surface area contributed by atoms with Crippen LogP contribution in [0.5, 0.6) is 0 Å². The second-order valence-electron chi connectivity index (χ2n) is 7.88. The molecule has 164 valence electrons. The molecule has 1 nitrogen and oxygen atoms in total. The summed E-state index contributed by atoms with van der Waals surface area (Å²) >= 11 is 0. The van der Waals surface area contributed by atoms with Crippen LogP contribution in [0.15, 0.2) is 60.7 Å². The predicted octanol–water partition coefficient (Wildman–Crippen LogP) is 8.43. The van der Waals surface area contributed by atoms with Crippen LogP contribution in [0.1, 0.15) is 90.9 Å². The van der Waals surface area contributed by atoms with E-state index in [1.165, 1.54) is 88.2 Å². The van der Waals surface area contributed by atoms with E-state index in [1.807, 2.05) is 12.1 Å². The molecule has 30 heavy (non-hydrogen) atoms. The summed E-state index contributed by atoms with van der Waals surface area (Å²) in [5, 5.41) is 0. The van der Waals surface area contributed by atoms with Crippen LogP contribution in [0.3, 0.4) is 0 Å². The van der Waals surface area contributed by atoms with Crippen molar-refractivity contribution >= 4 is 51.4 Å². The molecule has 0 spiro atoms. The SMILES string of the molecule is CCCCCCCCOCCCCCCCC.[KH].c1ccc(-c2ccccc2)cc1. The van der Waals surface area contributed by atoms with Crippen molar-refractivity contribution in [3.8, 4) is 11.1 Å². The molecule has 2 heteroatoms. The first-order valence-electron chi connectivity index (χ1n) is 12.1. The molecule has 0 bridgehead atoms. The summed E-state index contributed by atoms with van der Waals surface area (Å²) in [4.78, 5) is 0. The average molecular weight is 437 g/mol. The smallest absolute Gasteiger partial charge is 0.0184 e. The van der Waals surface area contributed by atoms with E-state index in [0.29, 0.717) is 0 Å². The Hall–Kier alpha value is 0.0364. The molecule has 0 aliphatic heterocycles. The normalized spacial score (nSPS) is 10.1. The van der Waals surface area contributed by atoms with E-state index in [4.69, 9.17) is 4.74 Å². The molecule has 0 atom stereocenters. The molecule has 0 aliphatic carbocycles. The third kappa shape index (κ3) is 17.7. The minimum Gasteiger partial charge on any atom is -0.0622 e. The molecular formula is C28H45KO. The Morgan fingerprint density at radius 1 is 0.467 bits per heavy atom. The predicted molar refractivity (Wildman–Crippen MR) is 137 cm³/mol. The van der Waals surface area contributed by atoms with Crippen molar-refractivity contribution in [3.05, 3.63) is 60.7 Å². The Morgan fingerprint density at radius 2 is 0.800 bits per heavy atom. The zero-order valence-electron chi connectivity index (χ0n) is 19.1.